The molecule has 0 unspecified atom stereocenters. The van der Waals surface area contributed by atoms with Crippen molar-refractivity contribution in [3.8, 4) is 0 Å². The summed E-state index contributed by atoms with van der Waals surface area (Å²) in [5, 5.41) is 0. The van der Waals surface area contributed by atoms with Crippen LogP contribution in [0.5, 0.6) is 0 Å². The third kappa shape index (κ3) is 3.78. The number of piperidine rings is 1. The van der Waals surface area contributed by atoms with Crippen LogP contribution >= 0.6 is 0 Å². The third-order valence-electron chi connectivity index (χ3n) is 5.47. The van der Waals surface area contributed by atoms with Crippen LogP contribution in [0.1, 0.15) is 57.8 Å². The minimum atomic E-state index is 0.246. The molecule has 2 atom stereocenters. The fraction of sp³-hybridized carbons (Fsp3) is 0.882. The van der Waals surface area contributed by atoms with Crippen LogP contribution in [-0.4, -0.2) is 47.8 Å². The molecule has 0 aromatic heterocycles. The Hall–Kier alpha value is -1.06. The van der Waals surface area contributed by atoms with Gasteiger partial charge in [0, 0.05) is 39.0 Å². The van der Waals surface area contributed by atoms with Crippen molar-refractivity contribution in [1.29, 1.82) is 0 Å². The highest BCUT2D eigenvalue weighted by Crippen LogP contribution is 2.34. The Morgan fingerprint density at radius 1 is 1.05 bits per heavy atom. The molecule has 2 amide bonds. The highest BCUT2D eigenvalue weighted by Gasteiger charge is 2.32. The van der Waals surface area contributed by atoms with Crippen molar-refractivity contribution in [2.75, 3.05) is 26.2 Å². The van der Waals surface area contributed by atoms with Gasteiger partial charge in [-0.1, -0.05) is 12.8 Å². The smallest absolute Gasteiger partial charge is 0.224 e. The number of rotatable bonds is 3. The van der Waals surface area contributed by atoms with Crippen LogP contribution in [0.15, 0.2) is 0 Å². The van der Waals surface area contributed by atoms with Crippen molar-refractivity contribution >= 4 is 11.8 Å². The number of nitrogens with zero attached hydrogens (tertiary/aromatic N) is 2. The van der Waals surface area contributed by atoms with E-state index in [1.165, 1.54) is 25.7 Å². The van der Waals surface area contributed by atoms with Crippen molar-refractivity contribution in [3.63, 3.8) is 0 Å². The van der Waals surface area contributed by atoms with E-state index in [9.17, 15) is 9.59 Å². The molecule has 0 spiro atoms. The third-order valence-corrected chi connectivity index (χ3v) is 5.47. The van der Waals surface area contributed by atoms with Crippen molar-refractivity contribution < 1.29 is 9.59 Å². The van der Waals surface area contributed by atoms with E-state index in [2.05, 4.69) is 4.90 Å². The van der Waals surface area contributed by atoms with Crippen molar-refractivity contribution in [3.05, 3.63) is 0 Å². The Morgan fingerprint density at radius 3 is 2.57 bits per heavy atom. The molecule has 3 rings (SSSR count). The highest BCUT2D eigenvalue weighted by atomic mass is 16.2. The van der Waals surface area contributed by atoms with Crippen LogP contribution in [0.25, 0.3) is 0 Å². The van der Waals surface area contributed by atoms with E-state index in [1.54, 1.807) is 0 Å². The predicted octanol–water partition coefficient (Wildman–Crippen LogP) is 2.43. The molecule has 0 radical (unpaired) electrons. The summed E-state index contributed by atoms with van der Waals surface area (Å²) in [5.41, 5.74) is 0. The van der Waals surface area contributed by atoms with Gasteiger partial charge in [-0.25, -0.2) is 0 Å². The van der Waals surface area contributed by atoms with Gasteiger partial charge >= 0.3 is 0 Å². The molecule has 4 nitrogen and oxygen atoms in total. The Kier molecular flexibility index (Phi) is 4.81. The summed E-state index contributed by atoms with van der Waals surface area (Å²) in [6.07, 6.45) is 9.70. The standard InChI is InChI=1S/C17H28N2O2/c20-16-7-2-1-3-9-18(16)10-8-17(21)19-12-14-5-4-6-15(11-14)13-19/h14-15H,1-13H2/t14-,15-/m0/s1. The molecule has 2 aliphatic heterocycles. The van der Waals surface area contributed by atoms with Gasteiger partial charge in [0.2, 0.25) is 11.8 Å². The van der Waals surface area contributed by atoms with Gasteiger partial charge in [0.15, 0.2) is 0 Å². The Labute approximate surface area is 127 Å². The lowest BCUT2D eigenvalue weighted by molar-refractivity contribution is -0.136. The maximum atomic E-state index is 12.5. The molecule has 0 N–H and O–H groups in total. The number of hydrogen-bond donors (Lipinski definition) is 0. The average Bonchev–Trinajstić information content (AvgIpc) is 2.69. The summed E-state index contributed by atoms with van der Waals surface area (Å²) < 4.78 is 0. The lowest BCUT2D eigenvalue weighted by atomic mass is 9.78. The summed E-state index contributed by atoms with van der Waals surface area (Å²) >= 11 is 0. The molecule has 3 aliphatic rings. The lowest BCUT2D eigenvalue weighted by Gasteiger charge is -2.41. The fourth-order valence-corrected chi connectivity index (χ4v) is 4.30. The van der Waals surface area contributed by atoms with Gasteiger partial charge < -0.3 is 9.80 Å². The van der Waals surface area contributed by atoms with E-state index in [4.69, 9.17) is 0 Å². The summed E-state index contributed by atoms with van der Waals surface area (Å²) in [6, 6.07) is 0. The summed E-state index contributed by atoms with van der Waals surface area (Å²) in [7, 11) is 0. The number of likely N-dealkylation sites (tertiary alicyclic amines) is 2. The largest absolute Gasteiger partial charge is 0.342 e. The highest BCUT2D eigenvalue weighted by molar-refractivity contribution is 5.79. The van der Waals surface area contributed by atoms with Crippen LogP contribution < -0.4 is 0 Å². The van der Waals surface area contributed by atoms with E-state index in [0.29, 0.717) is 19.4 Å². The van der Waals surface area contributed by atoms with Crippen molar-refractivity contribution in [1.82, 2.24) is 9.80 Å². The first-order valence-corrected chi connectivity index (χ1v) is 8.78. The van der Waals surface area contributed by atoms with Crippen LogP contribution in [0.3, 0.4) is 0 Å². The van der Waals surface area contributed by atoms with Gasteiger partial charge in [-0.05, 0) is 43.9 Å². The van der Waals surface area contributed by atoms with Crippen LogP contribution in [0.2, 0.25) is 0 Å². The van der Waals surface area contributed by atoms with Gasteiger partial charge in [0.25, 0.3) is 0 Å². The number of carbonyl (C=O) groups excluding carboxylic acids is 2. The first-order chi connectivity index (χ1) is 10.2. The van der Waals surface area contributed by atoms with Crippen LogP contribution in [0.4, 0.5) is 0 Å². The van der Waals surface area contributed by atoms with E-state index in [1.807, 2.05) is 4.90 Å². The molecule has 2 heterocycles. The van der Waals surface area contributed by atoms with Crippen molar-refractivity contribution in [2.24, 2.45) is 11.8 Å². The Morgan fingerprint density at radius 2 is 1.81 bits per heavy atom. The van der Waals surface area contributed by atoms with Gasteiger partial charge in [-0.15, -0.1) is 0 Å². The molecule has 3 fully saturated rings. The Balaban J connectivity index is 1.48. The molecule has 118 valence electrons. The second kappa shape index (κ2) is 6.80. The number of carbonyl (C=O) groups is 2. The first kappa shape index (κ1) is 14.9. The second-order valence-corrected chi connectivity index (χ2v) is 7.14. The molecular weight excluding hydrogens is 264 g/mol. The van der Waals surface area contributed by atoms with Crippen molar-refractivity contribution in [2.45, 2.75) is 57.8 Å². The zero-order chi connectivity index (χ0) is 14.7. The summed E-state index contributed by atoms with van der Waals surface area (Å²) in [5.74, 6) is 1.99. The number of hydrogen-bond acceptors (Lipinski definition) is 2. The maximum absolute atomic E-state index is 12.5. The predicted molar refractivity (Wildman–Crippen MR) is 81.7 cm³/mol. The monoisotopic (exact) mass is 292 g/mol. The van der Waals surface area contributed by atoms with E-state index < -0.39 is 0 Å². The molecule has 21 heavy (non-hydrogen) atoms. The molecule has 0 aromatic carbocycles. The lowest BCUT2D eigenvalue weighted by Crippen LogP contribution is -2.46. The zero-order valence-corrected chi connectivity index (χ0v) is 13.1. The molecule has 1 aliphatic carbocycles. The van der Waals surface area contributed by atoms with E-state index >= 15 is 0 Å². The topological polar surface area (TPSA) is 40.6 Å². The fourth-order valence-electron chi connectivity index (χ4n) is 4.30. The van der Waals surface area contributed by atoms with Gasteiger partial charge in [-0.2, -0.15) is 0 Å². The number of amides is 2. The molecule has 2 saturated heterocycles. The van der Waals surface area contributed by atoms with Gasteiger partial charge in [0.05, 0.1) is 0 Å². The quantitative estimate of drug-likeness (QED) is 0.801. The van der Waals surface area contributed by atoms with Crippen LogP contribution in [0, 0.1) is 11.8 Å². The van der Waals surface area contributed by atoms with E-state index in [0.717, 1.165) is 50.7 Å². The number of fused-ring (bicyclic) bond motifs is 2. The molecular formula is C17H28N2O2. The van der Waals surface area contributed by atoms with Crippen LogP contribution in [-0.2, 0) is 9.59 Å². The molecule has 2 bridgehead atoms. The minimum absolute atomic E-state index is 0.246. The SMILES string of the molecule is O=C1CCCCCN1CCC(=O)N1C[C@H]2CCC[C@@H](C2)C1. The molecule has 4 heteroatoms. The normalized spacial score (nSPS) is 30.2. The van der Waals surface area contributed by atoms with Gasteiger partial charge in [-0.3, -0.25) is 9.59 Å². The van der Waals surface area contributed by atoms with Gasteiger partial charge in [0.1, 0.15) is 0 Å². The first-order valence-electron chi connectivity index (χ1n) is 8.78. The maximum Gasteiger partial charge on any atom is 0.224 e. The zero-order valence-electron chi connectivity index (χ0n) is 13.1. The molecule has 1 saturated carbocycles. The summed E-state index contributed by atoms with van der Waals surface area (Å²) in [4.78, 5) is 28.4. The Bertz CT molecular complexity index is 384. The molecule has 0 aromatic rings. The second-order valence-electron chi connectivity index (χ2n) is 7.14. The minimum Gasteiger partial charge on any atom is -0.342 e. The van der Waals surface area contributed by atoms with E-state index in [-0.39, 0.29) is 11.8 Å². The average molecular weight is 292 g/mol. The summed E-state index contributed by atoms with van der Waals surface area (Å²) in [6.45, 7) is 3.40.